The largest absolute Gasteiger partial charge is 0.454 e. The summed E-state index contributed by atoms with van der Waals surface area (Å²) < 4.78 is 10.4. The van der Waals surface area contributed by atoms with Gasteiger partial charge in [0.15, 0.2) is 11.5 Å². The molecule has 1 aromatic carbocycles. The van der Waals surface area contributed by atoms with Crippen molar-refractivity contribution in [2.45, 2.75) is 0 Å². The summed E-state index contributed by atoms with van der Waals surface area (Å²) in [6, 6.07) is 8.01. The summed E-state index contributed by atoms with van der Waals surface area (Å²) in [7, 11) is 0. The van der Waals surface area contributed by atoms with Crippen molar-refractivity contribution in [2.24, 2.45) is 0 Å². The van der Waals surface area contributed by atoms with Crippen molar-refractivity contribution in [3.63, 3.8) is 0 Å². The van der Waals surface area contributed by atoms with E-state index >= 15 is 0 Å². The second kappa shape index (κ2) is 5.19. The molecule has 1 aromatic heterocycles. The lowest BCUT2D eigenvalue weighted by Crippen LogP contribution is -2.12. The lowest BCUT2D eigenvalue weighted by atomic mass is 10.2. The number of benzene rings is 1. The van der Waals surface area contributed by atoms with Crippen molar-refractivity contribution >= 4 is 34.8 Å². The van der Waals surface area contributed by atoms with Crippen molar-refractivity contribution in [3.8, 4) is 11.5 Å². The van der Waals surface area contributed by atoms with E-state index < -0.39 is 0 Å². The Kier molecular flexibility index (Phi) is 3.38. The zero-order valence-electron chi connectivity index (χ0n) is 10.0. The summed E-state index contributed by atoms with van der Waals surface area (Å²) in [5.74, 6) is 0.904. The third-order valence-electron chi connectivity index (χ3n) is 2.66. The molecule has 3 rings (SSSR count). The highest BCUT2D eigenvalue weighted by atomic mass is 35.5. The smallest absolute Gasteiger partial charge is 0.255 e. The molecule has 1 aliphatic rings. The Bertz CT molecular complexity index is 671. The number of carbonyl (C=O) groups excluding carboxylic acids is 1. The maximum Gasteiger partial charge on any atom is 0.255 e. The van der Waals surface area contributed by atoms with Gasteiger partial charge in [-0.2, -0.15) is 0 Å². The van der Waals surface area contributed by atoms with Crippen molar-refractivity contribution in [3.05, 3.63) is 46.2 Å². The van der Waals surface area contributed by atoms with Crippen LogP contribution in [0.5, 0.6) is 11.5 Å². The van der Waals surface area contributed by atoms with Crippen LogP contribution in [0.4, 0.5) is 5.69 Å². The second-order valence-corrected chi connectivity index (χ2v) is 4.80. The molecule has 0 saturated carbocycles. The van der Waals surface area contributed by atoms with Crippen LogP contribution in [-0.2, 0) is 0 Å². The van der Waals surface area contributed by atoms with E-state index in [0.717, 1.165) is 0 Å². The number of hydrogen-bond donors (Lipinski definition) is 1. The van der Waals surface area contributed by atoms with Gasteiger partial charge in [-0.1, -0.05) is 23.2 Å². The van der Waals surface area contributed by atoms with Gasteiger partial charge in [0.1, 0.15) is 10.3 Å². The predicted octanol–water partition coefficient (Wildman–Crippen LogP) is 3.37. The monoisotopic (exact) mass is 310 g/mol. The van der Waals surface area contributed by atoms with E-state index in [1.165, 1.54) is 12.1 Å². The number of pyridine rings is 1. The van der Waals surface area contributed by atoms with Gasteiger partial charge in [-0.3, -0.25) is 4.79 Å². The Morgan fingerprint density at radius 1 is 1.10 bits per heavy atom. The Balaban J connectivity index is 1.82. The normalized spacial score (nSPS) is 12.3. The van der Waals surface area contributed by atoms with E-state index in [1.807, 2.05) is 0 Å². The zero-order valence-corrected chi connectivity index (χ0v) is 11.5. The lowest BCUT2D eigenvalue weighted by Gasteiger charge is -2.06. The molecule has 0 atom stereocenters. The number of nitrogens with zero attached hydrogens (tertiary/aromatic N) is 1. The van der Waals surface area contributed by atoms with Crippen LogP contribution in [-0.4, -0.2) is 17.7 Å². The van der Waals surface area contributed by atoms with E-state index in [0.29, 0.717) is 22.7 Å². The molecule has 0 fully saturated rings. The van der Waals surface area contributed by atoms with Crippen LogP contribution in [0.2, 0.25) is 10.3 Å². The number of amides is 1. The summed E-state index contributed by atoms with van der Waals surface area (Å²) in [4.78, 5) is 15.9. The minimum atomic E-state index is -0.338. The molecular formula is C13H8Cl2N2O3. The summed E-state index contributed by atoms with van der Waals surface area (Å²) >= 11 is 11.5. The third-order valence-corrected chi connectivity index (χ3v) is 3.04. The van der Waals surface area contributed by atoms with Gasteiger partial charge in [0.25, 0.3) is 5.91 Å². The Labute approximate surface area is 124 Å². The summed E-state index contributed by atoms with van der Waals surface area (Å²) in [5.41, 5.74) is 0.913. The second-order valence-electron chi connectivity index (χ2n) is 4.02. The van der Waals surface area contributed by atoms with Crippen LogP contribution in [0.1, 0.15) is 10.4 Å². The van der Waals surface area contributed by atoms with E-state index in [2.05, 4.69) is 10.3 Å². The third kappa shape index (κ3) is 2.64. The van der Waals surface area contributed by atoms with Crippen LogP contribution in [0.3, 0.4) is 0 Å². The quantitative estimate of drug-likeness (QED) is 0.864. The Hall–Kier alpha value is -1.98. The van der Waals surface area contributed by atoms with E-state index in [4.69, 9.17) is 32.7 Å². The van der Waals surface area contributed by atoms with Crippen molar-refractivity contribution in [2.75, 3.05) is 12.1 Å². The minimum absolute atomic E-state index is 0.160. The molecule has 5 nitrogen and oxygen atoms in total. The van der Waals surface area contributed by atoms with Crippen LogP contribution in [0.25, 0.3) is 0 Å². The molecule has 1 aliphatic heterocycles. The lowest BCUT2D eigenvalue weighted by molar-refractivity contribution is 0.102. The van der Waals surface area contributed by atoms with Gasteiger partial charge in [-0.05, 0) is 24.3 Å². The molecule has 0 radical (unpaired) electrons. The standard InChI is InChI=1S/C13H8Cl2N2O3/c14-11-3-7(4-12(15)17-11)13(18)16-8-1-2-9-10(5-8)20-6-19-9/h1-5H,6H2,(H,16,18). The first-order valence-corrected chi connectivity index (χ1v) is 6.41. The average molecular weight is 311 g/mol. The number of anilines is 1. The van der Waals surface area contributed by atoms with Gasteiger partial charge in [-0.15, -0.1) is 0 Å². The molecule has 1 N–H and O–H groups in total. The first-order valence-electron chi connectivity index (χ1n) is 5.66. The van der Waals surface area contributed by atoms with Crippen molar-refractivity contribution in [1.29, 1.82) is 0 Å². The molecule has 2 heterocycles. The van der Waals surface area contributed by atoms with Gasteiger partial charge >= 0.3 is 0 Å². The number of hydrogen-bond acceptors (Lipinski definition) is 4. The van der Waals surface area contributed by atoms with Gasteiger partial charge in [0.05, 0.1) is 0 Å². The van der Waals surface area contributed by atoms with Crippen LogP contribution in [0, 0.1) is 0 Å². The first-order chi connectivity index (χ1) is 9.61. The molecule has 0 bridgehead atoms. The molecule has 102 valence electrons. The number of rotatable bonds is 2. The fraction of sp³-hybridized carbons (Fsp3) is 0.0769. The van der Waals surface area contributed by atoms with E-state index in [1.54, 1.807) is 18.2 Å². The van der Waals surface area contributed by atoms with E-state index in [-0.39, 0.29) is 23.0 Å². The zero-order chi connectivity index (χ0) is 14.1. The van der Waals surface area contributed by atoms with Crippen molar-refractivity contribution in [1.82, 2.24) is 4.98 Å². The van der Waals surface area contributed by atoms with Crippen LogP contribution < -0.4 is 14.8 Å². The van der Waals surface area contributed by atoms with Crippen LogP contribution in [0.15, 0.2) is 30.3 Å². The average Bonchev–Trinajstić information content (AvgIpc) is 2.85. The SMILES string of the molecule is O=C(Nc1ccc2c(c1)OCO2)c1cc(Cl)nc(Cl)c1. The molecule has 7 heteroatoms. The van der Waals surface area contributed by atoms with Crippen molar-refractivity contribution < 1.29 is 14.3 Å². The molecule has 20 heavy (non-hydrogen) atoms. The number of ether oxygens (including phenoxy) is 2. The fourth-order valence-electron chi connectivity index (χ4n) is 1.77. The molecule has 0 saturated heterocycles. The minimum Gasteiger partial charge on any atom is -0.454 e. The van der Waals surface area contributed by atoms with Gasteiger partial charge < -0.3 is 14.8 Å². The number of aromatic nitrogens is 1. The number of carbonyl (C=O) groups is 1. The molecule has 0 spiro atoms. The van der Waals surface area contributed by atoms with Gasteiger partial charge in [0, 0.05) is 17.3 Å². The molecule has 2 aromatic rings. The summed E-state index contributed by atoms with van der Waals surface area (Å²) in [5, 5.41) is 3.04. The topological polar surface area (TPSA) is 60.5 Å². The molecule has 0 aliphatic carbocycles. The highest BCUT2D eigenvalue weighted by Crippen LogP contribution is 2.34. The highest BCUT2D eigenvalue weighted by molar-refractivity contribution is 6.33. The molecular weight excluding hydrogens is 303 g/mol. The summed E-state index contributed by atoms with van der Waals surface area (Å²) in [6.45, 7) is 0.183. The van der Waals surface area contributed by atoms with E-state index in [9.17, 15) is 4.79 Å². The number of nitrogens with one attached hydrogen (secondary N) is 1. The Morgan fingerprint density at radius 2 is 1.80 bits per heavy atom. The fourth-order valence-corrected chi connectivity index (χ4v) is 2.23. The Morgan fingerprint density at radius 3 is 2.55 bits per heavy atom. The first kappa shape index (κ1) is 13.0. The summed E-state index contributed by atoms with van der Waals surface area (Å²) in [6.07, 6.45) is 0. The highest BCUT2D eigenvalue weighted by Gasteiger charge is 2.15. The van der Waals surface area contributed by atoms with Crippen LogP contribution >= 0.6 is 23.2 Å². The molecule has 0 unspecified atom stereocenters. The van der Waals surface area contributed by atoms with Gasteiger partial charge in [0.2, 0.25) is 6.79 Å². The number of halogens is 2. The van der Waals surface area contributed by atoms with Gasteiger partial charge in [-0.25, -0.2) is 4.98 Å². The number of fused-ring (bicyclic) bond motifs is 1. The predicted molar refractivity (Wildman–Crippen MR) is 74.8 cm³/mol. The maximum absolute atomic E-state index is 12.1. The maximum atomic E-state index is 12.1. The molecule has 1 amide bonds.